The number of hydrogen-bond donors (Lipinski definition) is 2. The van der Waals surface area contributed by atoms with Gasteiger partial charge in [-0.2, -0.15) is 0 Å². The van der Waals surface area contributed by atoms with Crippen molar-refractivity contribution in [2.75, 3.05) is 17.7 Å². The van der Waals surface area contributed by atoms with E-state index in [9.17, 15) is 9.59 Å². The van der Waals surface area contributed by atoms with E-state index < -0.39 is 0 Å². The Bertz CT molecular complexity index is 1310. The molecule has 0 saturated carbocycles. The van der Waals surface area contributed by atoms with Gasteiger partial charge in [0.05, 0.1) is 12.7 Å². The largest absolute Gasteiger partial charge is 0.496 e. The maximum Gasteiger partial charge on any atom is 0.291 e. The van der Waals surface area contributed by atoms with Crippen molar-refractivity contribution in [3.05, 3.63) is 87.6 Å². The molecule has 0 fully saturated rings. The number of methoxy groups -OCH3 is 1. The standard InChI is InChI=1S/C25H21BrN2O4/c1-14-11-18(27-24(29)19-13-17(26)10-15(2)23(19)31-3)8-9-20(14)28-25(30)22-12-16-6-4-5-7-21(16)32-22/h4-13H,1-3H3,(H,27,29)(H,28,30). The van der Waals surface area contributed by atoms with Gasteiger partial charge in [-0.15, -0.1) is 0 Å². The smallest absolute Gasteiger partial charge is 0.291 e. The number of furan rings is 1. The molecule has 4 aromatic rings. The molecule has 0 aliphatic rings. The topological polar surface area (TPSA) is 80.6 Å². The van der Waals surface area contributed by atoms with Crippen molar-refractivity contribution in [3.8, 4) is 5.75 Å². The number of rotatable bonds is 5. The third-order valence-electron chi connectivity index (χ3n) is 5.07. The molecule has 0 aliphatic heterocycles. The second-order valence-corrected chi connectivity index (χ2v) is 8.31. The van der Waals surface area contributed by atoms with Crippen LogP contribution < -0.4 is 15.4 Å². The Morgan fingerprint density at radius 3 is 2.41 bits per heavy atom. The van der Waals surface area contributed by atoms with E-state index in [4.69, 9.17) is 9.15 Å². The van der Waals surface area contributed by atoms with Gasteiger partial charge in [0, 0.05) is 21.2 Å². The Labute approximate surface area is 193 Å². The summed E-state index contributed by atoms with van der Waals surface area (Å²) >= 11 is 3.42. The van der Waals surface area contributed by atoms with Crippen molar-refractivity contribution >= 4 is 50.1 Å². The van der Waals surface area contributed by atoms with Crippen LogP contribution in [0.3, 0.4) is 0 Å². The van der Waals surface area contributed by atoms with E-state index in [0.717, 1.165) is 21.0 Å². The fourth-order valence-electron chi connectivity index (χ4n) is 3.53. The van der Waals surface area contributed by atoms with E-state index in [1.165, 1.54) is 7.11 Å². The van der Waals surface area contributed by atoms with Crippen molar-refractivity contribution in [3.63, 3.8) is 0 Å². The first-order valence-corrected chi connectivity index (χ1v) is 10.7. The molecule has 7 heteroatoms. The monoisotopic (exact) mass is 492 g/mol. The second-order valence-electron chi connectivity index (χ2n) is 7.39. The summed E-state index contributed by atoms with van der Waals surface area (Å²) < 4.78 is 11.8. The molecule has 162 valence electrons. The van der Waals surface area contributed by atoms with Gasteiger partial charge >= 0.3 is 0 Å². The number of nitrogens with one attached hydrogen (secondary N) is 2. The molecule has 3 aromatic carbocycles. The minimum Gasteiger partial charge on any atom is -0.496 e. The van der Waals surface area contributed by atoms with Gasteiger partial charge in [0.15, 0.2) is 5.76 Å². The number of amides is 2. The molecular formula is C25H21BrN2O4. The summed E-state index contributed by atoms with van der Waals surface area (Å²) in [6, 6.07) is 18.0. The van der Waals surface area contributed by atoms with Gasteiger partial charge < -0.3 is 19.8 Å². The van der Waals surface area contributed by atoms with Crippen molar-refractivity contribution in [1.29, 1.82) is 0 Å². The molecule has 4 rings (SSSR count). The summed E-state index contributed by atoms with van der Waals surface area (Å²) in [7, 11) is 1.54. The number of carbonyl (C=O) groups is 2. The predicted octanol–water partition coefficient (Wildman–Crippen LogP) is 6.33. The second kappa shape index (κ2) is 8.88. The van der Waals surface area contributed by atoms with E-state index in [2.05, 4.69) is 26.6 Å². The van der Waals surface area contributed by atoms with Crippen LogP contribution in [0.4, 0.5) is 11.4 Å². The molecule has 0 atom stereocenters. The van der Waals surface area contributed by atoms with Crippen LogP contribution in [0.15, 0.2) is 69.6 Å². The van der Waals surface area contributed by atoms with Crippen LogP contribution >= 0.6 is 15.9 Å². The Balaban J connectivity index is 1.51. The maximum absolute atomic E-state index is 12.8. The average Bonchev–Trinajstić information content (AvgIpc) is 3.19. The Kier molecular flexibility index (Phi) is 6.01. The zero-order valence-electron chi connectivity index (χ0n) is 17.8. The van der Waals surface area contributed by atoms with Gasteiger partial charge in [-0.25, -0.2) is 0 Å². The fourth-order valence-corrected chi connectivity index (χ4v) is 4.10. The number of halogens is 1. The molecule has 0 saturated heterocycles. The predicted molar refractivity (Wildman–Crippen MR) is 129 cm³/mol. The van der Waals surface area contributed by atoms with Gasteiger partial charge in [-0.3, -0.25) is 9.59 Å². The minimum atomic E-state index is -0.338. The minimum absolute atomic E-state index is 0.236. The molecule has 32 heavy (non-hydrogen) atoms. The van der Waals surface area contributed by atoms with Crippen LogP contribution in [-0.2, 0) is 0 Å². The zero-order valence-corrected chi connectivity index (χ0v) is 19.4. The van der Waals surface area contributed by atoms with Crippen LogP contribution in [0.5, 0.6) is 5.75 Å². The summed E-state index contributed by atoms with van der Waals surface area (Å²) in [6.07, 6.45) is 0. The molecule has 0 aliphatic carbocycles. The molecule has 2 amide bonds. The quantitative estimate of drug-likeness (QED) is 0.341. The molecule has 1 aromatic heterocycles. The van der Waals surface area contributed by atoms with Crippen molar-refractivity contribution < 1.29 is 18.7 Å². The molecule has 0 spiro atoms. The number of ether oxygens (including phenoxy) is 1. The van der Waals surface area contributed by atoms with Crippen molar-refractivity contribution in [2.45, 2.75) is 13.8 Å². The number of anilines is 2. The first kappa shape index (κ1) is 21.6. The van der Waals surface area contributed by atoms with Crippen LogP contribution in [0, 0.1) is 13.8 Å². The lowest BCUT2D eigenvalue weighted by atomic mass is 10.1. The third kappa shape index (κ3) is 4.38. The van der Waals surface area contributed by atoms with Crippen molar-refractivity contribution in [1.82, 2.24) is 0 Å². The van der Waals surface area contributed by atoms with Crippen LogP contribution in [-0.4, -0.2) is 18.9 Å². The van der Waals surface area contributed by atoms with Crippen LogP contribution in [0.2, 0.25) is 0 Å². The number of fused-ring (bicyclic) bond motifs is 1. The van der Waals surface area contributed by atoms with Gasteiger partial charge in [0.2, 0.25) is 0 Å². The first-order valence-electron chi connectivity index (χ1n) is 9.92. The summed E-state index contributed by atoms with van der Waals surface area (Å²) in [5, 5.41) is 6.61. The number of carbonyl (C=O) groups excluding carboxylic acids is 2. The molecule has 0 radical (unpaired) electrons. The normalized spacial score (nSPS) is 10.8. The summed E-state index contributed by atoms with van der Waals surface area (Å²) in [5.41, 5.74) is 3.97. The van der Waals surface area contributed by atoms with Gasteiger partial charge in [0.1, 0.15) is 11.3 Å². The Hall–Kier alpha value is -3.58. The number of benzene rings is 3. The van der Waals surface area contributed by atoms with E-state index in [1.807, 2.05) is 44.2 Å². The molecular weight excluding hydrogens is 472 g/mol. The van der Waals surface area contributed by atoms with Gasteiger partial charge in [-0.05, 0) is 67.4 Å². The first-order chi connectivity index (χ1) is 15.4. The fraction of sp³-hybridized carbons (Fsp3) is 0.120. The molecule has 0 unspecified atom stereocenters. The average molecular weight is 493 g/mol. The highest BCUT2D eigenvalue weighted by Crippen LogP contribution is 2.29. The highest BCUT2D eigenvalue weighted by atomic mass is 79.9. The molecule has 1 heterocycles. The zero-order chi connectivity index (χ0) is 22.8. The van der Waals surface area contributed by atoms with E-state index in [0.29, 0.717) is 28.3 Å². The molecule has 2 N–H and O–H groups in total. The Morgan fingerprint density at radius 1 is 0.906 bits per heavy atom. The summed E-state index contributed by atoms with van der Waals surface area (Å²) in [6.45, 7) is 3.73. The van der Waals surface area contributed by atoms with E-state index in [-0.39, 0.29) is 17.6 Å². The van der Waals surface area contributed by atoms with Crippen LogP contribution in [0.25, 0.3) is 11.0 Å². The van der Waals surface area contributed by atoms with Crippen LogP contribution in [0.1, 0.15) is 32.0 Å². The highest BCUT2D eigenvalue weighted by Gasteiger charge is 2.17. The number of hydrogen-bond acceptors (Lipinski definition) is 4. The lowest BCUT2D eigenvalue weighted by Gasteiger charge is -2.14. The SMILES string of the molecule is COc1c(C)cc(Br)cc1C(=O)Nc1ccc(NC(=O)c2cc3ccccc3o2)c(C)c1. The maximum atomic E-state index is 12.8. The van der Waals surface area contributed by atoms with E-state index >= 15 is 0 Å². The highest BCUT2D eigenvalue weighted by molar-refractivity contribution is 9.10. The number of para-hydroxylation sites is 1. The van der Waals surface area contributed by atoms with E-state index in [1.54, 1.807) is 30.3 Å². The van der Waals surface area contributed by atoms with Gasteiger partial charge in [-0.1, -0.05) is 34.1 Å². The van der Waals surface area contributed by atoms with Crippen molar-refractivity contribution in [2.24, 2.45) is 0 Å². The lowest BCUT2D eigenvalue weighted by Crippen LogP contribution is -2.15. The van der Waals surface area contributed by atoms with Gasteiger partial charge in [0.25, 0.3) is 11.8 Å². The Morgan fingerprint density at radius 2 is 1.69 bits per heavy atom. The summed E-state index contributed by atoms with van der Waals surface area (Å²) in [5.74, 6) is 0.136. The molecule has 6 nitrogen and oxygen atoms in total. The molecule has 0 bridgehead atoms. The number of aryl methyl sites for hydroxylation is 2. The third-order valence-corrected chi connectivity index (χ3v) is 5.53. The lowest BCUT2D eigenvalue weighted by molar-refractivity contribution is 0.0996. The summed E-state index contributed by atoms with van der Waals surface area (Å²) in [4.78, 5) is 25.5.